The lowest BCUT2D eigenvalue weighted by molar-refractivity contribution is 0.101. The molecule has 0 unspecified atom stereocenters. The molecular formula is C12H16O2. The fourth-order valence-corrected chi connectivity index (χ4v) is 1.58. The van der Waals surface area contributed by atoms with Crippen molar-refractivity contribution >= 4 is 5.78 Å². The molecule has 1 N–H and O–H groups in total. The van der Waals surface area contributed by atoms with Crippen LogP contribution in [0.5, 0.6) is 5.75 Å². The van der Waals surface area contributed by atoms with Gasteiger partial charge in [0.05, 0.1) is 5.56 Å². The number of phenols is 1. The zero-order valence-corrected chi connectivity index (χ0v) is 8.92. The maximum atomic E-state index is 11.2. The summed E-state index contributed by atoms with van der Waals surface area (Å²) in [6.07, 6.45) is 1.78. The molecule has 0 aliphatic heterocycles. The van der Waals surface area contributed by atoms with E-state index in [0.717, 1.165) is 24.0 Å². The minimum Gasteiger partial charge on any atom is -0.507 e. The molecule has 0 saturated heterocycles. The number of Topliss-reactive ketones (excluding diaryl/α,β-unsaturated/α-hetero) is 1. The zero-order chi connectivity index (χ0) is 10.7. The van der Waals surface area contributed by atoms with Crippen LogP contribution in [0.3, 0.4) is 0 Å². The highest BCUT2D eigenvalue weighted by molar-refractivity contribution is 5.97. The van der Waals surface area contributed by atoms with Gasteiger partial charge >= 0.3 is 0 Å². The van der Waals surface area contributed by atoms with E-state index in [0.29, 0.717) is 5.56 Å². The minimum absolute atomic E-state index is 0.0800. The average molecular weight is 192 g/mol. The molecular weight excluding hydrogens is 176 g/mol. The Morgan fingerprint density at radius 3 is 2.57 bits per heavy atom. The number of carbonyl (C=O) groups is 1. The number of aryl methyl sites for hydroxylation is 2. The summed E-state index contributed by atoms with van der Waals surface area (Å²) < 4.78 is 0. The first-order chi connectivity index (χ1) is 6.56. The van der Waals surface area contributed by atoms with Gasteiger partial charge in [0.25, 0.3) is 0 Å². The van der Waals surface area contributed by atoms with E-state index >= 15 is 0 Å². The van der Waals surface area contributed by atoms with Crippen LogP contribution in [0.4, 0.5) is 0 Å². The summed E-state index contributed by atoms with van der Waals surface area (Å²) >= 11 is 0. The van der Waals surface area contributed by atoms with E-state index in [1.165, 1.54) is 6.92 Å². The lowest BCUT2D eigenvalue weighted by Gasteiger charge is -2.08. The monoisotopic (exact) mass is 192 g/mol. The third-order valence-electron chi connectivity index (χ3n) is 2.23. The van der Waals surface area contributed by atoms with Crippen LogP contribution < -0.4 is 0 Å². The van der Waals surface area contributed by atoms with Crippen LogP contribution in [-0.2, 0) is 6.42 Å². The number of carbonyl (C=O) groups excluding carboxylic acids is 1. The first-order valence-corrected chi connectivity index (χ1v) is 4.89. The van der Waals surface area contributed by atoms with Gasteiger partial charge < -0.3 is 5.11 Å². The first kappa shape index (κ1) is 10.8. The van der Waals surface area contributed by atoms with Crippen LogP contribution in [0.2, 0.25) is 0 Å². The van der Waals surface area contributed by atoms with Crippen LogP contribution in [0.1, 0.15) is 41.8 Å². The summed E-state index contributed by atoms with van der Waals surface area (Å²) in [5.41, 5.74) is 2.34. The topological polar surface area (TPSA) is 37.3 Å². The molecule has 0 bridgehead atoms. The normalized spacial score (nSPS) is 10.2. The van der Waals surface area contributed by atoms with Crippen molar-refractivity contribution in [1.82, 2.24) is 0 Å². The number of aromatic hydroxyl groups is 1. The summed E-state index contributed by atoms with van der Waals surface area (Å²) in [4.78, 5) is 11.2. The average Bonchev–Trinajstić information content (AvgIpc) is 2.10. The Morgan fingerprint density at radius 2 is 2.07 bits per heavy atom. The molecule has 1 aromatic rings. The first-order valence-electron chi connectivity index (χ1n) is 4.89. The van der Waals surface area contributed by atoms with Gasteiger partial charge in [0.15, 0.2) is 5.78 Å². The Hall–Kier alpha value is -1.31. The standard InChI is InChI=1S/C12H16O2/c1-4-5-10-6-8(2)7-11(9(3)13)12(10)14/h6-7,14H,4-5H2,1-3H3. The van der Waals surface area contributed by atoms with Gasteiger partial charge in [0, 0.05) is 0 Å². The van der Waals surface area contributed by atoms with Gasteiger partial charge in [-0.2, -0.15) is 0 Å². The summed E-state index contributed by atoms with van der Waals surface area (Å²) in [6.45, 7) is 5.46. The molecule has 2 heteroatoms. The molecule has 0 atom stereocenters. The second kappa shape index (κ2) is 4.27. The van der Waals surface area contributed by atoms with Gasteiger partial charge in [0.2, 0.25) is 0 Å². The smallest absolute Gasteiger partial charge is 0.163 e. The number of hydrogen-bond acceptors (Lipinski definition) is 2. The number of phenolic OH excluding ortho intramolecular Hbond substituents is 1. The quantitative estimate of drug-likeness (QED) is 0.748. The van der Waals surface area contributed by atoms with E-state index in [4.69, 9.17) is 0 Å². The third kappa shape index (κ3) is 2.13. The molecule has 14 heavy (non-hydrogen) atoms. The fraction of sp³-hybridized carbons (Fsp3) is 0.417. The number of rotatable bonds is 3. The molecule has 1 aromatic carbocycles. The SMILES string of the molecule is CCCc1cc(C)cc(C(C)=O)c1O. The van der Waals surface area contributed by atoms with Crippen LogP contribution >= 0.6 is 0 Å². The van der Waals surface area contributed by atoms with Crippen molar-refractivity contribution in [2.75, 3.05) is 0 Å². The molecule has 0 fully saturated rings. The van der Waals surface area contributed by atoms with Crippen LogP contribution in [-0.4, -0.2) is 10.9 Å². The van der Waals surface area contributed by atoms with Crippen molar-refractivity contribution in [2.24, 2.45) is 0 Å². The Morgan fingerprint density at radius 1 is 1.43 bits per heavy atom. The van der Waals surface area contributed by atoms with Gasteiger partial charge in [-0.3, -0.25) is 4.79 Å². The van der Waals surface area contributed by atoms with Gasteiger partial charge in [0.1, 0.15) is 5.75 Å². The fourth-order valence-electron chi connectivity index (χ4n) is 1.58. The number of ketones is 1. The second-order valence-corrected chi connectivity index (χ2v) is 3.63. The Bertz CT molecular complexity index is 354. The van der Waals surface area contributed by atoms with Gasteiger partial charge in [-0.25, -0.2) is 0 Å². The Balaban J connectivity index is 3.24. The molecule has 0 amide bonds. The maximum Gasteiger partial charge on any atom is 0.163 e. The highest BCUT2D eigenvalue weighted by atomic mass is 16.3. The molecule has 0 aliphatic carbocycles. The van der Waals surface area contributed by atoms with Crippen molar-refractivity contribution < 1.29 is 9.90 Å². The van der Waals surface area contributed by atoms with Crippen LogP contribution in [0.15, 0.2) is 12.1 Å². The summed E-state index contributed by atoms with van der Waals surface area (Å²) in [5.74, 6) is 0.0773. The molecule has 0 radical (unpaired) electrons. The molecule has 2 nitrogen and oxygen atoms in total. The summed E-state index contributed by atoms with van der Waals surface area (Å²) in [6, 6.07) is 3.67. The van der Waals surface area contributed by atoms with E-state index < -0.39 is 0 Å². The molecule has 0 aliphatic rings. The zero-order valence-electron chi connectivity index (χ0n) is 8.92. The highest BCUT2D eigenvalue weighted by Gasteiger charge is 2.11. The second-order valence-electron chi connectivity index (χ2n) is 3.63. The predicted molar refractivity (Wildman–Crippen MR) is 56.8 cm³/mol. The van der Waals surface area contributed by atoms with Crippen molar-refractivity contribution in [2.45, 2.75) is 33.6 Å². The van der Waals surface area contributed by atoms with Crippen molar-refractivity contribution in [1.29, 1.82) is 0 Å². The van der Waals surface area contributed by atoms with E-state index in [2.05, 4.69) is 6.92 Å². The van der Waals surface area contributed by atoms with E-state index in [-0.39, 0.29) is 11.5 Å². The lowest BCUT2D eigenvalue weighted by Crippen LogP contribution is -1.97. The molecule has 76 valence electrons. The van der Waals surface area contributed by atoms with Crippen LogP contribution in [0.25, 0.3) is 0 Å². The molecule has 0 saturated carbocycles. The molecule has 0 aromatic heterocycles. The van der Waals surface area contributed by atoms with Crippen molar-refractivity contribution in [3.05, 3.63) is 28.8 Å². The van der Waals surface area contributed by atoms with E-state index in [1.54, 1.807) is 6.07 Å². The lowest BCUT2D eigenvalue weighted by atomic mass is 9.99. The van der Waals surface area contributed by atoms with E-state index in [9.17, 15) is 9.90 Å². The van der Waals surface area contributed by atoms with Crippen LogP contribution in [0, 0.1) is 6.92 Å². The van der Waals surface area contributed by atoms with Crippen molar-refractivity contribution in [3.8, 4) is 5.75 Å². The van der Waals surface area contributed by atoms with E-state index in [1.807, 2.05) is 13.0 Å². The highest BCUT2D eigenvalue weighted by Crippen LogP contribution is 2.25. The Kier molecular flexibility index (Phi) is 3.28. The summed E-state index contributed by atoms with van der Waals surface area (Å²) in [5, 5.41) is 9.79. The summed E-state index contributed by atoms with van der Waals surface area (Å²) in [7, 11) is 0. The van der Waals surface area contributed by atoms with Gasteiger partial charge in [-0.1, -0.05) is 19.4 Å². The minimum atomic E-state index is -0.0800. The third-order valence-corrected chi connectivity index (χ3v) is 2.23. The largest absolute Gasteiger partial charge is 0.507 e. The maximum absolute atomic E-state index is 11.2. The number of benzene rings is 1. The van der Waals surface area contributed by atoms with Gasteiger partial charge in [-0.05, 0) is 37.5 Å². The number of hydrogen-bond donors (Lipinski definition) is 1. The molecule has 0 spiro atoms. The predicted octanol–water partition coefficient (Wildman–Crippen LogP) is 2.86. The van der Waals surface area contributed by atoms with Gasteiger partial charge in [-0.15, -0.1) is 0 Å². The Labute approximate surface area is 84.6 Å². The molecule has 1 rings (SSSR count). The van der Waals surface area contributed by atoms with Crippen molar-refractivity contribution in [3.63, 3.8) is 0 Å². The molecule has 0 heterocycles.